The number of aromatic hydroxyl groups is 1. The first-order valence-electron chi connectivity index (χ1n) is 6.48. The molecule has 20 heavy (non-hydrogen) atoms. The van der Waals surface area contributed by atoms with Crippen LogP contribution in [0.3, 0.4) is 0 Å². The van der Waals surface area contributed by atoms with Crippen molar-refractivity contribution < 1.29 is 19.4 Å². The summed E-state index contributed by atoms with van der Waals surface area (Å²) in [4.78, 5) is 25.6. The van der Waals surface area contributed by atoms with Crippen molar-refractivity contribution in [2.24, 2.45) is 0 Å². The van der Waals surface area contributed by atoms with Gasteiger partial charge in [-0.05, 0) is 17.7 Å². The number of ether oxygens (including phenoxy) is 1. The van der Waals surface area contributed by atoms with E-state index in [9.17, 15) is 14.7 Å². The molecule has 1 aromatic rings. The van der Waals surface area contributed by atoms with Crippen LogP contribution >= 0.6 is 0 Å². The second-order valence-corrected chi connectivity index (χ2v) is 4.64. The maximum Gasteiger partial charge on any atom is 0.244 e. The molecule has 0 bridgehead atoms. The van der Waals surface area contributed by atoms with Gasteiger partial charge in [0.2, 0.25) is 11.8 Å². The van der Waals surface area contributed by atoms with E-state index in [1.165, 1.54) is 11.9 Å². The van der Waals surface area contributed by atoms with Crippen LogP contribution in [0.25, 0.3) is 0 Å². The van der Waals surface area contributed by atoms with Crippen LogP contribution < -0.4 is 5.32 Å². The zero-order chi connectivity index (χ0) is 14.5. The third-order valence-electron chi connectivity index (χ3n) is 3.26. The monoisotopic (exact) mass is 278 g/mol. The molecular weight excluding hydrogens is 260 g/mol. The minimum atomic E-state index is -0.585. The number of carbonyl (C=O) groups is 2. The van der Waals surface area contributed by atoms with Crippen LogP contribution in [-0.2, 0) is 20.7 Å². The molecule has 1 fully saturated rings. The molecule has 0 radical (unpaired) electrons. The number of carbonyl (C=O) groups excluding carboxylic acids is 2. The lowest BCUT2D eigenvalue weighted by Crippen LogP contribution is -2.55. The molecule has 2 rings (SSSR count). The number of nitrogens with zero attached hydrogens (tertiary/aromatic N) is 1. The van der Waals surface area contributed by atoms with Crippen LogP contribution in [0.15, 0.2) is 24.3 Å². The van der Waals surface area contributed by atoms with Crippen molar-refractivity contribution in [1.29, 1.82) is 0 Å². The van der Waals surface area contributed by atoms with Gasteiger partial charge < -0.3 is 20.1 Å². The summed E-state index contributed by atoms with van der Waals surface area (Å²) in [5.41, 5.74) is 0.720. The highest BCUT2D eigenvalue weighted by molar-refractivity contribution is 5.88. The van der Waals surface area contributed by atoms with Crippen molar-refractivity contribution in [2.75, 3.05) is 26.8 Å². The highest BCUT2D eigenvalue weighted by Crippen LogP contribution is 2.14. The fourth-order valence-corrected chi connectivity index (χ4v) is 2.23. The summed E-state index contributed by atoms with van der Waals surface area (Å²) < 4.78 is 5.26. The van der Waals surface area contributed by atoms with Crippen LogP contribution in [0.4, 0.5) is 0 Å². The van der Waals surface area contributed by atoms with E-state index in [1.807, 2.05) is 0 Å². The molecule has 1 aliphatic heterocycles. The van der Waals surface area contributed by atoms with Gasteiger partial charge in [-0.25, -0.2) is 0 Å². The molecule has 108 valence electrons. The summed E-state index contributed by atoms with van der Waals surface area (Å²) in [6.07, 6.45) is 0.155. The Labute approximate surface area is 117 Å². The van der Waals surface area contributed by atoms with Crippen LogP contribution in [0.1, 0.15) is 5.56 Å². The summed E-state index contributed by atoms with van der Waals surface area (Å²) in [5.74, 6) is -0.249. The quantitative estimate of drug-likeness (QED) is 0.810. The topological polar surface area (TPSA) is 78.9 Å². The molecule has 2 amide bonds. The van der Waals surface area contributed by atoms with Gasteiger partial charge in [-0.2, -0.15) is 0 Å². The maximum absolute atomic E-state index is 12.3. The van der Waals surface area contributed by atoms with Gasteiger partial charge in [-0.3, -0.25) is 9.59 Å². The van der Waals surface area contributed by atoms with Gasteiger partial charge in [0.1, 0.15) is 11.8 Å². The predicted molar refractivity (Wildman–Crippen MR) is 72.2 cm³/mol. The lowest BCUT2D eigenvalue weighted by Gasteiger charge is -2.34. The molecule has 1 saturated heterocycles. The van der Waals surface area contributed by atoms with E-state index in [-0.39, 0.29) is 30.6 Å². The average Bonchev–Trinajstić information content (AvgIpc) is 2.46. The molecule has 0 aliphatic carbocycles. The Balaban J connectivity index is 2.08. The van der Waals surface area contributed by atoms with Crippen molar-refractivity contribution >= 4 is 11.8 Å². The Morgan fingerprint density at radius 3 is 3.00 bits per heavy atom. The molecule has 2 N–H and O–H groups in total. The largest absolute Gasteiger partial charge is 0.508 e. The van der Waals surface area contributed by atoms with Gasteiger partial charge >= 0.3 is 0 Å². The third kappa shape index (κ3) is 3.27. The number of benzene rings is 1. The van der Waals surface area contributed by atoms with E-state index in [2.05, 4.69) is 5.32 Å². The molecule has 6 nitrogen and oxygen atoms in total. The van der Waals surface area contributed by atoms with E-state index < -0.39 is 6.04 Å². The normalized spacial score (nSPS) is 18.6. The van der Waals surface area contributed by atoms with Gasteiger partial charge in [0, 0.05) is 13.6 Å². The van der Waals surface area contributed by atoms with Gasteiger partial charge in [-0.15, -0.1) is 0 Å². The average molecular weight is 278 g/mol. The summed E-state index contributed by atoms with van der Waals surface area (Å²) >= 11 is 0. The second kappa shape index (κ2) is 6.38. The SMILES string of the molecule is CNC(=O)C1COCCN1C(=O)Cc1cccc(O)c1. The summed E-state index contributed by atoms with van der Waals surface area (Å²) in [7, 11) is 1.54. The number of phenols is 1. The minimum absolute atomic E-state index is 0.125. The first-order valence-corrected chi connectivity index (χ1v) is 6.48. The Morgan fingerprint density at radius 1 is 1.50 bits per heavy atom. The van der Waals surface area contributed by atoms with Crippen LogP contribution in [0.5, 0.6) is 5.75 Å². The van der Waals surface area contributed by atoms with E-state index in [0.717, 1.165) is 5.56 Å². The molecule has 1 aliphatic rings. The van der Waals surface area contributed by atoms with Crippen LogP contribution in [-0.4, -0.2) is 54.7 Å². The zero-order valence-electron chi connectivity index (χ0n) is 11.3. The van der Waals surface area contributed by atoms with Crippen molar-refractivity contribution in [1.82, 2.24) is 10.2 Å². The first kappa shape index (κ1) is 14.3. The lowest BCUT2D eigenvalue weighted by atomic mass is 10.1. The Kier molecular flexibility index (Phi) is 4.57. The molecular formula is C14H18N2O4. The molecule has 1 atom stereocenters. The van der Waals surface area contributed by atoms with E-state index in [1.54, 1.807) is 24.3 Å². The van der Waals surface area contributed by atoms with Gasteiger partial charge in [0.15, 0.2) is 0 Å². The highest BCUT2D eigenvalue weighted by Gasteiger charge is 2.32. The number of amides is 2. The number of hydrogen-bond donors (Lipinski definition) is 2. The summed E-state index contributed by atoms with van der Waals surface area (Å²) in [6.45, 7) is 1.04. The standard InChI is InChI=1S/C14H18N2O4/c1-15-14(19)12-9-20-6-5-16(12)13(18)8-10-3-2-4-11(17)7-10/h2-4,7,12,17H,5-6,8-9H2,1H3,(H,15,19). The van der Waals surface area contributed by atoms with Crippen molar-refractivity contribution in [3.63, 3.8) is 0 Å². The van der Waals surface area contributed by atoms with Crippen LogP contribution in [0, 0.1) is 0 Å². The number of morpholine rings is 1. The zero-order valence-corrected chi connectivity index (χ0v) is 11.3. The molecule has 0 aromatic heterocycles. The summed E-state index contributed by atoms with van der Waals surface area (Å²) in [5, 5.41) is 11.9. The fourth-order valence-electron chi connectivity index (χ4n) is 2.23. The third-order valence-corrected chi connectivity index (χ3v) is 3.26. The number of nitrogens with one attached hydrogen (secondary N) is 1. The fraction of sp³-hybridized carbons (Fsp3) is 0.429. The predicted octanol–water partition coefficient (Wildman–Crippen LogP) is -0.0919. The van der Waals surface area contributed by atoms with Crippen LogP contribution in [0.2, 0.25) is 0 Å². The Bertz CT molecular complexity index is 504. The molecule has 1 heterocycles. The maximum atomic E-state index is 12.3. The Morgan fingerprint density at radius 2 is 2.30 bits per heavy atom. The lowest BCUT2D eigenvalue weighted by molar-refractivity contribution is -0.147. The van der Waals surface area contributed by atoms with Crippen molar-refractivity contribution in [3.05, 3.63) is 29.8 Å². The van der Waals surface area contributed by atoms with Gasteiger partial charge in [0.05, 0.1) is 19.6 Å². The molecule has 1 aromatic carbocycles. The molecule has 1 unspecified atom stereocenters. The first-order chi connectivity index (χ1) is 9.61. The number of phenolic OH excluding ortho intramolecular Hbond substituents is 1. The van der Waals surface area contributed by atoms with Crippen molar-refractivity contribution in [3.8, 4) is 5.75 Å². The number of likely N-dealkylation sites (N-methyl/N-ethyl adjacent to an activating group) is 1. The van der Waals surface area contributed by atoms with Crippen molar-refractivity contribution in [2.45, 2.75) is 12.5 Å². The van der Waals surface area contributed by atoms with Gasteiger partial charge in [-0.1, -0.05) is 12.1 Å². The highest BCUT2D eigenvalue weighted by atomic mass is 16.5. The molecule has 6 heteroatoms. The Hall–Kier alpha value is -2.08. The summed E-state index contributed by atoms with van der Waals surface area (Å²) in [6, 6.07) is 5.97. The van der Waals surface area contributed by atoms with Gasteiger partial charge in [0.25, 0.3) is 0 Å². The number of hydrogen-bond acceptors (Lipinski definition) is 4. The van der Waals surface area contributed by atoms with E-state index >= 15 is 0 Å². The molecule has 0 saturated carbocycles. The number of rotatable bonds is 3. The second-order valence-electron chi connectivity index (χ2n) is 4.64. The minimum Gasteiger partial charge on any atom is -0.508 e. The smallest absolute Gasteiger partial charge is 0.244 e. The van der Waals surface area contributed by atoms with E-state index in [0.29, 0.717) is 13.2 Å². The van der Waals surface area contributed by atoms with E-state index in [4.69, 9.17) is 4.74 Å². The molecule has 0 spiro atoms.